The Morgan fingerprint density at radius 3 is 2.28 bits per heavy atom. The lowest BCUT2D eigenvalue weighted by molar-refractivity contribution is -0.147. The lowest BCUT2D eigenvalue weighted by atomic mass is 10.1. The summed E-state index contributed by atoms with van der Waals surface area (Å²) in [5, 5.41) is 4.53. The number of amides is 2. The van der Waals surface area contributed by atoms with Crippen molar-refractivity contribution in [3.63, 3.8) is 0 Å². The molecule has 0 atom stereocenters. The van der Waals surface area contributed by atoms with Crippen LogP contribution in [0.4, 0.5) is 5.69 Å². The van der Waals surface area contributed by atoms with Crippen LogP contribution in [0.3, 0.4) is 0 Å². The number of hydrogen-bond donors (Lipinski definition) is 1. The number of ether oxygens (including phenoxy) is 1. The predicted molar refractivity (Wildman–Crippen MR) is 133 cm³/mol. The number of carbonyl (C=O) groups is 2. The van der Waals surface area contributed by atoms with E-state index in [0.29, 0.717) is 35.4 Å². The summed E-state index contributed by atoms with van der Waals surface area (Å²) in [6.45, 7) is 7.50. The van der Waals surface area contributed by atoms with Gasteiger partial charge in [0.2, 0.25) is 27.7 Å². The third-order valence-electron chi connectivity index (χ3n) is 5.99. The van der Waals surface area contributed by atoms with Gasteiger partial charge in [0.15, 0.2) is 5.82 Å². The standard InChI is InChI=1S/C24H28N6O5S/c1-15-16(2)27-30(17(15)3)21-14-22(26-18(4)25-21)35-20-10-8-19(9-11-20)28-36(33,34)13-12-29-23(31)6-5-7-24(29)32/h8-11,14,28H,5-7,12-13H2,1-4H3. The fraction of sp³-hybridized carbons (Fsp3) is 0.375. The molecule has 1 N–H and O–H groups in total. The van der Waals surface area contributed by atoms with E-state index in [9.17, 15) is 18.0 Å². The molecule has 1 aliphatic rings. The highest BCUT2D eigenvalue weighted by atomic mass is 32.2. The van der Waals surface area contributed by atoms with E-state index in [-0.39, 0.29) is 37.0 Å². The zero-order valence-electron chi connectivity index (χ0n) is 20.6. The third-order valence-corrected chi connectivity index (χ3v) is 7.25. The van der Waals surface area contributed by atoms with Gasteiger partial charge < -0.3 is 4.74 Å². The van der Waals surface area contributed by atoms with E-state index in [2.05, 4.69) is 19.8 Å². The van der Waals surface area contributed by atoms with Crippen molar-refractivity contribution >= 4 is 27.5 Å². The number of aryl methyl sites for hydroxylation is 2. The van der Waals surface area contributed by atoms with Gasteiger partial charge in [-0.3, -0.25) is 19.2 Å². The molecule has 11 nitrogen and oxygen atoms in total. The van der Waals surface area contributed by atoms with Gasteiger partial charge in [-0.05, 0) is 63.9 Å². The first-order valence-corrected chi connectivity index (χ1v) is 13.2. The average molecular weight is 513 g/mol. The number of carbonyl (C=O) groups excluding carboxylic acids is 2. The largest absolute Gasteiger partial charge is 0.439 e. The maximum atomic E-state index is 12.5. The van der Waals surface area contributed by atoms with Crippen molar-refractivity contribution in [1.29, 1.82) is 0 Å². The Bertz CT molecular complexity index is 1400. The second-order valence-electron chi connectivity index (χ2n) is 8.66. The molecule has 1 saturated heterocycles. The van der Waals surface area contributed by atoms with Crippen LogP contribution in [0.1, 0.15) is 42.0 Å². The first kappa shape index (κ1) is 25.3. The minimum atomic E-state index is -3.77. The molecule has 0 saturated carbocycles. The van der Waals surface area contributed by atoms with Crippen LogP contribution >= 0.6 is 0 Å². The Balaban J connectivity index is 1.42. The van der Waals surface area contributed by atoms with Crippen LogP contribution in [-0.4, -0.2) is 57.2 Å². The minimum absolute atomic E-state index is 0.168. The molecule has 0 aliphatic carbocycles. The van der Waals surface area contributed by atoms with Crippen molar-refractivity contribution in [2.45, 2.75) is 47.0 Å². The molecule has 1 fully saturated rings. The molecule has 1 aromatic carbocycles. The van der Waals surface area contributed by atoms with Gasteiger partial charge in [-0.2, -0.15) is 10.1 Å². The van der Waals surface area contributed by atoms with Crippen LogP contribution in [0.2, 0.25) is 0 Å². The number of rotatable bonds is 8. The van der Waals surface area contributed by atoms with E-state index >= 15 is 0 Å². The monoisotopic (exact) mass is 512 g/mol. The molecule has 4 rings (SSSR count). The fourth-order valence-corrected chi connectivity index (χ4v) is 4.85. The highest BCUT2D eigenvalue weighted by molar-refractivity contribution is 7.92. The molecule has 3 aromatic rings. The number of hydrogen-bond acceptors (Lipinski definition) is 8. The van der Waals surface area contributed by atoms with Crippen LogP contribution in [0.5, 0.6) is 11.6 Å². The topological polar surface area (TPSA) is 136 Å². The van der Waals surface area contributed by atoms with E-state index in [0.717, 1.165) is 21.9 Å². The number of nitrogens with one attached hydrogen (secondary N) is 1. The van der Waals surface area contributed by atoms with Crippen LogP contribution in [0.25, 0.3) is 5.82 Å². The molecular weight excluding hydrogens is 484 g/mol. The average Bonchev–Trinajstić information content (AvgIpc) is 3.07. The number of piperidine rings is 1. The number of nitrogens with zero attached hydrogens (tertiary/aromatic N) is 5. The highest BCUT2D eigenvalue weighted by Gasteiger charge is 2.27. The van der Waals surface area contributed by atoms with E-state index in [1.807, 2.05) is 20.8 Å². The Labute approximate surface area is 209 Å². The summed E-state index contributed by atoms with van der Waals surface area (Å²) in [7, 11) is -3.77. The van der Waals surface area contributed by atoms with Crippen molar-refractivity contribution in [1.82, 2.24) is 24.6 Å². The van der Waals surface area contributed by atoms with Crippen LogP contribution in [-0.2, 0) is 19.6 Å². The lowest BCUT2D eigenvalue weighted by Crippen LogP contribution is -2.43. The van der Waals surface area contributed by atoms with Gasteiger partial charge in [0.1, 0.15) is 11.6 Å². The van der Waals surface area contributed by atoms with Crippen LogP contribution < -0.4 is 9.46 Å². The smallest absolute Gasteiger partial charge is 0.234 e. The van der Waals surface area contributed by atoms with E-state index in [1.165, 1.54) is 0 Å². The van der Waals surface area contributed by atoms with Crippen molar-refractivity contribution in [2.24, 2.45) is 0 Å². The second kappa shape index (κ2) is 10.1. The molecule has 3 heterocycles. The summed E-state index contributed by atoms with van der Waals surface area (Å²) in [5.41, 5.74) is 3.30. The third kappa shape index (κ3) is 5.70. The van der Waals surface area contributed by atoms with Crippen molar-refractivity contribution in [2.75, 3.05) is 17.0 Å². The Hall–Kier alpha value is -3.80. The molecule has 0 unspecified atom stereocenters. The molecule has 36 heavy (non-hydrogen) atoms. The fourth-order valence-electron chi connectivity index (χ4n) is 3.83. The number of benzene rings is 1. The predicted octanol–water partition coefficient (Wildman–Crippen LogP) is 2.97. The summed E-state index contributed by atoms with van der Waals surface area (Å²) in [6.07, 6.45) is 1.02. The Morgan fingerprint density at radius 2 is 1.67 bits per heavy atom. The summed E-state index contributed by atoms with van der Waals surface area (Å²) < 4.78 is 35.0. The van der Waals surface area contributed by atoms with Crippen molar-refractivity contribution < 1.29 is 22.7 Å². The summed E-state index contributed by atoms with van der Waals surface area (Å²) in [5.74, 6) is 0.836. The van der Waals surface area contributed by atoms with Gasteiger partial charge in [0.05, 0.1) is 11.4 Å². The normalized spacial score (nSPS) is 14.3. The van der Waals surface area contributed by atoms with Gasteiger partial charge in [-0.15, -0.1) is 0 Å². The zero-order valence-corrected chi connectivity index (χ0v) is 21.4. The summed E-state index contributed by atoms with van der Waals surface area (Å²) in [6, 6.07) is 8.03. The Morgan fingerprint density at radius 1 is 1.00 bits per heavy atom. The zero-order chi connectivity index (χ0) is 26.0. The van der Waals surface area contributed by atoms with Gasteiger partial charge in [-0.1, -0.05) is 0 Å². The number of anilines is 1. The van der Waals surface area contributed by atoms with Gasteiger partial charge >= 0.3 is 0 Å². The maximum Gasteiger partial charge on any atom is 0.234 e. The van der Waals surface area contributed by atoms with E-state index in [4.69, 9.17) is 4.74 Å². The molecule has 1 aliphatic heterocycles. The molecule has 2 aromatic heterocycles. The Kier molecular flexibility index (Phi) is 7.07. The van der Waals surface area contributed by atoms with Crippen LogP contribution in [0.15, 0.2) is 30.3 Å². The number of imide groups is 1. The first-order chi connectivity index (χ1) is 17.0. The van der Waals surface area contributed by atoms with Gasteiger partial charge in [0.25, 0.3) is 0 Å². The molecule has 0 radical (unpaired) electrons. The number of sulfonamides is 1. The van der Waals surface area contributed by atoms with Gasteiger partial charge in [0, 0.05) is 36.8 Å². The quantitative estimate of drug-likeness (QED) is 0.455. The van der Waals surface area contributed by atoms with E-state index in [1.54, 1.807) is 41.9 Å². The molecule has 2 amide bonds. The first-order valence-electron chi connectivity index (χ1n) is 11.5. The van der Waals surface area contributed by atoms with Crippen LogP contribution in [0, 0.1) is 27.7 Å². The lowest BCUT2D eigenvalue weighted by Gasteiger charge is -2.24. The summed E-state index contributed by atoms with van der Waals surface area (Å²) >= 11 is 0. The highest BCUT2D eigenvalue weighted by Crippen LogP contribution is 2.25. The SMILES string of the molecule is Cc1nc(Oc2ccc(NS(=O)(=O)CCN3C(=O)CCCC3=O)cc2)cc(-n2nc(C)c(C)c2C)n1. The molecular formula is C24H28N6O5S. The number of likely N-dealkylation sites (tertiary alicyclic amines) is 1. The van der Waals surface area contributed by atoms with Crippen molar-refractivity contribution in [3.05, 3.63) is 53.1 Å². The maximum absolute atomic E-state index is 12.5. The molecule has 0 spiro atoms. The minimum Gasteiger partial charge on any atom is -0.439 e. The van der Waals surface area contributed by atoms with E-state index < -0.39 is 10.0 Å². The summed E-state index contributed by atoms with van der Waals surface area (Å²) in [4.78, 5) is 33.6. The molecule has 12 heteroatoms. The molecule has 190 valence electrons. The van der Waals surface area contributed by atoms with Crippen molar-refractivity contribution in [3.8, 4) is 17.4 Å². The second-order valence-corrected chi connectivity index (χ2v) is 10.5. The molecule has 0 bridgehead atoms. The van der Waals surface area contributed by atoms with Gasteiger partial charge in [-0.25, -0.2) is 18.1 Å². The number of aromatic nitrogens is 4.